The van der Waals surface area contributed by atoms with Crippen molar-refractivity contribution < 1.29 is 0 Å². The molecule has 1 aliphatic rings. The molecule has 1 aromatic rings. The second kappa shape index (κ2) is 2.62. The van der Waals surface area contributed by atoms with Crippen LogP contribution in [0.15, 0.2) is 26.7 Å². The summed E-state index contributed by atoms with van der Waals surface area (Å²) < 4.78 is 1.03. The van der Waals surface area contributed by atoms with Crippen LogP contribution in [0.1, 0.15) is 5.69 Å². The Morgan fingerprint density at radius 1 is 1.55 bits per heavy atom. The minimum Gasteiger partial charge on any atom is -0.358 e. The predicted molar refractivity (Wildman–Crippen MR) is 48.4 cm³/mol. The topological polar surface area (TPSA) is 40.5 Å². The smallest absolute Gasteiger partial charge is 0.171 e. The van der Waals surface area contributed by atoms with Crippen LogP contribution in [0.3, 0.4) is 0 Å². The molecule has 3 nitrogen and oxygen atoms in total. The lowest BCUT2D eigenvalue weighted by atomic mass is 10.4. The molecule has 1 aromatic heterocycles. The second-order valence-corrected chi connectivity index (χ2v) is 3.12. The number of halogens is 1. The number of aromatic nitrogens is 1. The zero-order valence-electron chi connectivity index (χ0n) is 5.71. The molecule has 0 atom stereocenters. The number of amidine groups is 1. The second-order valence-electron chi connectivity index (χ2n) is 2.21. The Labute approximate surface area is 72.4 Å². The van der Waals surface area contributed by atoms with Gasteiger partial charge in [0.15, 0.2) is 5.84 Å². The van der Waals surface area contributed by atoms with E-state index in [2.05, 4.69) is 30.9 Å². The van der Waals surface area contributed by atoms with E-state index in [0.29, 0.717) is 6.54 Å². The number of H-pyrrole nitrogens is 1. The minimum atomic E-state index is 0.700. The summed E-state index contributed by atoms with van der Waals surface area (Å²) in [4.78, 5) is 11.3. The summed E-state index contributed by atoms with van der Waals surface area (Å²) in [5, 5.41) is 0. The van der Waals surface area contributed by atoms with Gasteiger partial charge in [0.05, 0.1) is 12.2 Å². The lowest BCUT2D eigenvalue weighted by Gasteiger charge is -1.88. The first-order valence-corrected chi connectivity index (χ1v) is 4.07. The maximum absolute atomic E-state index is 4.16. The summed E-state index contributed by atoms with van der Waals surface area (Å²) >= 11 is 3.34. The van der Waals surface area contributed by atoms with E-state index in [1.165, 1.54) is 0 Å². The van der Waals surface area contributed by atoms with Gasteiger partial charge >= 0.3 is 0 Å². The Hall–Kier alpha value is -0.900. The molecule has 0 spiro atoms. The van der Waals surface area contributed by atoms with Crippen LogP contribution in [0.2, 0.25) is 0 Å². The van der Waals surface area contributed by atoms with Crippen LogP contribution in [0.4, 0.5) is 0 Å². The van der Waals surface area contributed by atoms with Crippen molar-refractivity contribution in [3.63, 3.8) is 0 Å². The van der Waals surface area contributed by atoms with Crippen LogP contribution in [0.5, 0.6) is 0 Å². The zero-order chi connectivity index (χ0) is 7.68. The number of rotatable bonds is 1. The highest BCUT2D eigenvalue weighted by molar-refractivity contribution is 9.10. The van der Waals surface area contributed by atoms with E-state index in [1.54, 1.807) is 6.21 Å². The van der Waals surface area contributed by atoms with E-state index in [9.17, 15) is 0 Å². The first-order chi connectivity index (χ1) is 5.36. The van der Waals surface area contributed by atoms with Crippen molar-refractivity contribution in [1.29, 1.82) is 0 Å². The molecule has 2 rings (SSSR count). The van der Waals surface area contributed by atoms with Crippen LogP contribution in [-0.4, -0.2) is 23.6 Å². The van der Waals surface area contributed by atoms with Crippen molar-refractivity contribution >= 4 is 28.0 Å². The van der Waals surface area contributed by atoms with Crippen molar-refractivity contribution in [3.8, 4) is 0 Å². The fraction of sp³-hybridized carbons (Fsp3) is 0.143. The average molecular weight is 212 g/mol. The Morgan fingerprint density at radius 3 is 3.00 bits per heavy atom. The summed E-state index contributed by atoms with van der Waals surface area (Å²) in [5.41, 5.74) is 0.964. The zero-order valence-corrected chi connectivity index (χ0v) is 7.30. The standard InChI is InChI=1S/C7H6BrN3/c8-5-3-6(11-4-5)7-9-1-2-10-7/h1,3-4,11H,2H2. The molecule has 11 heavy (non-hydrogen) atoms. The van der Waals surface area contributed by atoms with Crippen molar-refractivity contribution in [2.75, 3.05) is 6.54 Å². The summed E-state index contributed by atoms with van der Waals surface area (Å²) in [6.07, 6.45) is 3.66. The lowest BCUT2D eigenvalue weighted by molar-refractivity contribution is 1.31. The van der Waals surface area contributed by atoms with Crippen LogP contribution in [0.25, 0.3) is 0 Å². The highest BCUT2D eigenvalue weighted by Crippen LogP contribution is 2.12. The predicted octanol–water partition coefficient (Wildman–Crippen LogP) is 1.61. The average Bonchev–Trinajstić information content (AvgIpc) is 2.55. The molecule has 4 heteroatoms. The fourth-order valence-corrected chi connectivity index (χ4v) is 1.29. The normalized spacial score (nSPS) is 15.5. The minimum absolute atomic E-state index is 0.700. The first kappa shape index (κ1) is 6.79. The molecule has 0 aliphatic carbocycles. The third-order valence-corrected chi connectivity index (χ3v) is 1.88. The molecule has 0 radical (unpaired) electrons. The molecule has 0 saturated heterocycles. The molecule has 0 amide bonds. The molecule has 56 valence electrons. The van der Waals surface area contributed by atoms with Crippen molar-refractivity contribution in [1.82, 2.24) is 4.98 Å². The molecule has 0 fully saturated rings. The third-order valence-electron chi connectivity index (χ3n) is 1.42. The number of nitrogens with one attached hydrogen (secondary N) is 1. The van der Waals surface area contributed by atoms with Gasteiger partial charge in [-0.15, -0.1) is 0 Å². The molecule has 0 bridgehead atoms. The number of aliphatic imine (C=N–C) groups is 2. The van der Waals surface area contributed by atoms with Crippen molar-refractivity contribution in [2.24, 2.45) is 9.98 Å². The Bertz CT molecular complexity index is 324. The highest BCUT2D eigenvalue weighted by atomic mass is 79.9. The summed E-state index contributed by atoms with van der Waals surface area (Å²) in [5.74, 6) is 0.788. The highest BCUT2D eigenvalue weighted by Gasteiger charge is 2.05. The van der Waals surface area contributed by atoms with E-state index in [1.807, 2.05) is 12.3 Å². The summed E-state index contributed by atoms with van der Waals surface area (Å²) in [6.45, 7) is 0.700. The first-order valence-electron chi connectivity index (χ1n) is 3.27. The van der Waals surface area contributed by atoms with E-state index in [4.69, 9.17) is 0 Å². The number of hydrogen-bond donors (Lipinski definition) is 1. The maximum atomic E-state index is 4.16. The van der Waals surface area contributed by atoms with Crippen molar-refractivity contribution in [2.45, 2.75) is 0 Å². The Morgan fingerprint density at radius 2 is 2.45 bits per heavy atom. The SMILES string of the molecule is Brc1c[nH]c(C2=NCC=N2)c1. The van der Waals surface area contributed by atoms with E-state index in [-0.39, 0.29) is 0 Å². The van der Waals surface area contributed by atoms with Crippen LogP contribution < -0.4 is 0 Å². The van der Waals surface area contributed by atoms with Crippen LogP contribution >= 0.6 is 15.9 Å². The van der Waals surface area contributed by atoms with Gasteiger partial charge < -0.3 is 4.98 Å². The van der Waals surface area contributed by atoms with Gasteiger partial charge in [-0.25, -0.2) is 4.99 Å². The summed E-state index contributed by atoms with van der Waals surface area (Å²) in [7, 11) is 0. The monoisotopic (exact) mass is 211 g/mol. The molecule has 1 N–H and O–H groups in total. The number of aromatic amines is 1. The van der Waals surface area contributed by atoms with Gasteiger partial charge in [-0.05, 0) is 22.0 Å². The van der Waals surface area contributed by atoms with E-state index < -0.39 is 0 Å². The number of hydrogen-bond acceptors (Lipinski definition) is 2. The van der Waals surface area contributed by atoms with Gasteiger partial charge in [0, 0.05) is 16.9 Å². The van der Waals surface area contributed by atoms with Gasteiger partial charge in [0.2, 0.25) is 0 Å². The molecular weight excluding hydrogens is 206 g/mol. The Balaban J connectivity index is 2.36. The maximum Gasteiger partial charge on any atom is 0.171 e. The van der Waals surface area contributed by atoms with Gasteiger partial charge in [0.1, 0.15) is 0 Å². The quantitative estimate of drug-likeness (QED) is 0.734. The fourth-order valence-electron chi connectivity index (χ4n) is 0.947. The Kier molecular flexibility index (Phi) is 1.62. The molecule has 0 saturated carbocycles. The molecule has 0 unspecified atom stereocenters. The van der Waals surface area contributed by atoms with Crippen LogP contribution in [-0.2, 0) is 0 Å². The van der Waals surface area contributed by atoms with E-state index >= 15 is 0 Å². The molecule has 1 aliphatic heterocycles. The van der Waals surface area contributed by atoms with E-state index in [0.717, 1.165) is 16.0 Å². The van der Waals surface area contributed by atoms with Crippen molar-refractivity contribution in [3.05, 3.63) is 22.4 Å². The molecule has 2 heterocycles. The van der Waals surface area contributed by atoms with Gasteiger partial charge in [-0.1, -0.05) is 0 Å². The van der Waals surface area contributed by atoms with Crippen LogP contribution in [0, 0.1) is 0 Å². The van der Waals surface area contributed by atoms with Gasteiger partial charge in [-0.3, -0.25) is 4.99 Å². The molecular formula is C7H6BrN3. The lowest BCUT2D eigenvalue weighted by Crippen LogP contribution is -1.92. The van der Waals surface area contributed by atoms with Gasteiger partial charge in [0.25, 0.3) is 0 Å². The number of nitrogens with zero attached hydrogens (tertiary/aromatic N) is 2. The summed E-state index contributed by atoms with van der Waals surface area (Å²) in [6, 6.07) is 1.96. The largest absolute Gasteiger partial charge is 0.358 e. The third kappa shape index (κ3) is 1.26. The molecule has 0 aromatic carbocycles. The van der Waals surface area contributed by atoms with Gasteiger partial charge in [-0.2, -0.15) is 0 Å².